The van der Waals surface area contributed by atoms with Gasteiger partial charge in [0.1, 0.15) is 40.6 Å². The van der Waals surface area contributed by atoms with Gasteiger partial charge in [-0.2, -0.15) is 0 Å². The first-order valence-corrected chi connectivity index (χ1v) is 21.8. The maximum Gasteiger partial charge on any atom is 0.276 e. The van der Waals surface area contributed by atoms with E-state index >= 15 is 0 Å². The molecule has 22 nitrogen and oxygen atoms in total. The van der Waals surface area contributed by atoms with Crippen LogP contribution in [0, 0.1) is 0 Å². The Morgan fingerprint density at radius 1 is 0.765 bits per heavy atom. The Hall–Kier alpha value is -7.85. The number of carbonyl (C=O) groups excluding carboxylic acids is 5. The Kier molecular flexibility index (Phi) is 19.5. The summed E-state index contributed by atoms with van der Waals surface area (Å²) in [5.74, 6) is -2.05. The molecule has 13 N–H and O–H groups in total. The van der Waals surface area contributed by atoms with Crippen molar-refractivity contribution in [1.29, 1.82) is 0 Å². The fourth-order valence-electron chi connectivity index (χ4n) is 6.89. The van der Waals surface area contributed by atoms with Crippen molar-refractivity contribution in [1.82, 2.24) is 29.3 Å². The second kappa shape index (κ2) is 25.2. The third-order valence-electron chi connectivity index (χ3n) is 10.0. The number of nitrogens with one attached hydrogen (secondary N) is 3. The maximum atomic E-state index is 13.7. The van der Waals surface area contributed by atoms with Crippen LogP contribution in [-0.2, 0) is 27.5 Å². The van der Waals surface area contributed by atoms with Gasteiger partial charge in [-0.1, -0.05) is 18.2 Å². The maximum absolute atomic E-state index is 13.7. The first-order chi connectivity index (χ1) is 32.5. The quantitative estimate of drug-likeness (QED) is 0.0349. The number of amides is 5. The summed E-state index contributed by atoms with van der Waals surface area (Å²) in [4.78, 5) is 84.7. The lowest BCUT2D eigenvalue weighted by molar-refractivity contribution is -0.131. The van der Waals surface area contributed by atoms with E-state index in [4.69, 9.17) is 43.1 Å². The van der Waals surface area contributed by atoms with Crippen molar-refractivity contribution in [3.63, 3.8) is 0 Å². The zero-order chi connectivity index (χ0) is 50.1. The van der Waals surface area contributed by atoms with Crippen LogP contribution in [0.5, 0.6) is 11.5 Å². The number of fused-ring (bicyclic) bond motifs is 2. The van der Waals surface area contributed by atoms with Crippen LogP contribution in [0.2, 0.25) is 0 Å². The average Bonchev–Trinajstić information content (AvgIpc) is 3.82. The van der Waals surface area contributed by atoms with Crippen LogP contribution in [0.25, 0.3) is 22.1 Å². The first kappa shape index (κ1) is 52.8. The Labute approximate surface area is 394 Å². The fourth-order valence-corrected chi connectivity index (χ4v) is 6.89. The SMILES string of the molecule is CCN=C(/C=C(/C)N)C(=O)Nc1nc2cc(C(N)=O)cc(OC)c2n1C/C=C/Cn1c(NC(=O)C(/C=C(/C)N)=NCC)nc2cc(C(N)=O)cc(OC/C=C/CN(C)C(=O)C(CCCN)NC)c21. The lowest BCUT2D eigenvalue weighted by atomic mass is 10.1. The Morgan fingerprint density at radius 2 is 1.25 bits per heavy atom. The van der Waals surface area contributed by atoms with Gasteiger partial charge in [-0.25, -0.2) is 9.97 Å². The van der Waals surface area contributed by atoms with Crippen LogP contribution in [0.4, 0.5) is 11.9 Å². The minimum Gasteiger partial charge on any atom is -0.494 e. The van der Waals surface area contributed by atoms with Gasteiger partial charge < -0.3 is 57.5 Å². The molecule has 0 fully saturated rings. The highest BCUT2D eigenvalue weighted by atomic mass is 16.5. The summed E-state index contributed by atoms with van der Waals surface area (Å²) in [6, 6.07) is 5.57. The highest BCUT2D eigenvalue weighted by Crippen LogP contribution is 2.33. The van der Waals surface area contributed by atoms with Crippen molar-refractivity contribution in [2.24, 2.45) is 38.7 Å². The van der Waals surface area contributed by atoms with Crippen LogP contribution in [0.1, 0.15) is 61.3 Å². The van der Waals surface area contributed by atoms with E-state index in [2.05, 4.69) is 30.9 Å². The largest absolute Gasteiger partial charge is 0.494 e. The summed E-state index contributed by atoms with van der Waals surface area (Å²) < 4.78 is 15.3. The smallest absolute Gasteiger partial charge is 0.276 e. The van der Waals surface area contributed by atoms with Gasteiger partial charge >= 0.3 is 0 Å². The molecular formula is C46H63N15O7. The second-order valence-electron chi connectivity index (χ2n) is 15.4. The third-order valence-corrected chi connectivity index (χ3v) is 10.0. The number of carbonyl (C=O) groups is 5. The molecule has 0 radical (unpaired) electrons. The predicted octanol–water partition coefficient (Wildman–Crippen LogP) is 2.09. The Bertz CT molecular complexity index is 2680. The summed E-state index contributed by atoms with van der Waals surface area (Å²) >= 11 is 0. The van der Waals surface area contributed by atoms with Crippen molar-refractivity contribution in [2.45, 2.75) is 59.7 Å². The number of likely N-dealkylation sites (N-methyl/N-ethyl adjacent to an activating group) is 2. The molecule has 0 aliphatic carbocycles. The predicted molar refractivity (Wildman–Crippen MR) is 265 cm³/mol. The number of nitrogens with zero attached hydrogens (tertiary/aromatic N) is 7. The van der Waals surface area contributed by atoms with Crippen LogP contribution in [0.3, 0.4) is 0 Å². The van der Waals surface area contributed by atoms with Crippen LogP contribution >= 0.6 is 0 Å². The van der Waals surface area contributed by atoms with Crippen molar-refractivity contribution in [3.05, 3.63) is 83.2 Å². The fraction of sp³-hybridized carbons (Fsp3) is 0.370. The number of hydrogen-bond donors (Lipinski definition) is 8. The van der Waals surface area contributed by atoms with Gasteiger partial charge in [0, 0.05) is 62.3 Å². The van der Waals surface area contributed by atoms with Crippen molar-refractivity contribution in [2.75, 3.05) is 64.6 Å². The molecule has 0 saturated carbocycles. The molecule has 364 valence electrons. The number of rotatable bonds is 25. The number of nitrogens with two attached hydrogens (primary N) is 5. The molecule has 68 heavy (non-hydrogen) atoms. The Balaban J connectivity index is 1.80. The van der Waals surface area contributed by atoms with E-state index in [1.54, 1.807) is 80.1 Å². The number of ether oxygens (including phenoxy) is 2. The van der Waals surface area contributed by atoms with E-state index in [0.717, 1.165) is 0 Å². The van der Waals surface area contributed by atoms with Crippen LogP contribution in [-0.4, -0.2) is 125 Å². The number of methoxy groups -OCH3 is 1. The normalized spacial score (nSPS) is 13.1. The molecule has 0 saturated heterocycles. The molecule has 1 unspecified atom stereocenters. The van der Waals surface area contributed by atoms with E-state index in [0.29, 0.717) is 67.0 Å². The van der Waals surface area contributed by atoms with E-state index in [-0.39, 0.29) is 83.1 Å². The molecule has 4 aromatic rings. The number of aromatic nitrogens is 4. The summed E-state index contributed by atoms with van der Waals surface area (Å²) in [6.45, 7) is 8.36. The monoisotopic (exact) mass is 938 g/mol. The molecule has 2 aromatic carbocycles. The van der Waals surface area contributed by atoms with Crippen LogP contribution < -0.4 is 54.1 Å². The van der Waals surface area contributed by atoms with Crippen LogP contribution in [0.15, 0.2) is 82.1 Å². The van der Waals surface area contributed by atoms with E-state index in [9.17, 15) is 24.0 Å². The van der Waals surface area contributed by atoms with Gasteiger partial charge in [0.25, 0.3) is 11.8 Å². The van der Waals surface area contributed by atoms with Crippen molar-refractivity contribution in [3.8, 4) is 11.5 Å². The molecule has 0 bridgehead atoms. The van der Waals surface area contributed by atoms with Gasteiger partial charge in [0.2, 0.25) is 29.6 Å². The highest BCUT2D eigenvalue weighted by Gasteiger charge is 2.23. The molecule has 2 aromatic heterocycles. The summed E-state index contributed by atoms with van der Waals surface area (Å²) in [5.41, 5.74) is 31.4. The number of benzene rings is 2. The molecule has 22 heteroatoms. The lowest BCUT2D eigenvalue weighted by Gasteiger charge is -2.22. The van der Waals surface area contributed by atoms with Gasteiger partial charge in [-0.05, 0) is 96.6 Å². The van der Waals surface area contributed by atoms with Gasteiger partial charge in [0.15, 0.2) is 0 Å². The lowest BCUT2D eigenvalue weighted by Crippen LogP contribution is -2.43. The molecule has 4 rings (SSSR count). The van der Waals surface area contributed by atoms with E-state index in [1.807, 2.05) is 0 Å². The zero-order valence-corrected chi connectivity index (χ0v) is 39.6. The second-order valence-corrected chi connectivity index (χ2v) is 15.4. The highest BCUT2D eigenvalue weighted by molar-refractivity contribution is 6.47. The molecule has 0 spiro atoms. The van der Waals surface area contributed by atoms with E-state index in [1.165, 1.54) is 43.5 Å². The molecule has 2 heterocycles. The number of imidazole rings is 2. The molecule has 5 amide bonds. The minimum absolute atomic E-state index is 0.0192. The third kappa shape index (κ3) is 13.8. The minimum atomic E-state index is -0.738. The van der Waals surface area contributed by atoms with Crippen molar-refractivity contribution < 1.29 is 33.4 Å². The zero-order valence-electron chi connectivity index (χ0n) is 39.6. The summed E-state index contributed by atoms with van der Waals surface area (Å²) in [7, 11) is 4.86. The molecule has 1 atom stereocenters. The number of primary amides is 2. The van der Waals surface area contributed by atoms with E-state index < -0.39 is 23.6 Å². The summed E-state index contributed by atoms with van der Waals surface area (Å²) in [6.07, 6.45) is 11.3. The number of hydrogen-bond acceptors (Lipinski definition) is 15. The molecule has 0 aliphatic rings. The standard InChI is InChI=1S/C46H63N15O7/c1-8-53-34(21-27(3)48)42(64)57-45-55-32-23-29(40(50)62)25-36(67-7)38(32)60(45)18-10-11-19-61-39-33(56-46(61)58-43(65)35(54-9-2)22-28(4)49)24-30(41(51)63)26-37(39)68-20-13-12-17-59(6)44(66)31(52-5)15-14-16-47/h10-13,21-26,31,52H,8-9,14-20,47-49H2,1-7H3,(H2,50,62)(H2,51,63)(H,55,57,64)(H,56,58,65)/b11-10+,13-12+,27-21-,28-22-,53-34?,54-35?. The number of anilines is 2. The first-order valence-electron chi connectivity index (χ1n) is 21.8. The molecule has 0 aliphatic heterocycles. The van der Waals surface area contributed by atoms with Gasteiger partial charge in [0.05, 0.1) is 24.2 Å². The summed E-state index contributed by atoms with van der Waals surface area (Å²) in [5, 5.41) is 8.69. The number of aliphatic imine (C=N–C) groups is 2. The average molecular weight is 938 g/mol. The molecular weight excluding hydrogens is 875 g/mol. The topological polar surface area (TPSA) is 334 Å². The van der Waals surface area contributed by atoms with Gasteiger partial charge in [-0.3, -0.25) is 44.6 Å². The van der Waals surface area contributed by atoms with Gasteiger partial charge in [-0.15, -0.1) is 0 Å². The number of allylic oxidation sites excluding steroid dienone is 4. The Morgan fingerprint density at radius 3 is 1.68 bits per heavy atom. The van der Waals surface area contributed by atoms with Crippen molar-refractivity contribution >= 4 is 74.9 Å².